The fourth-order valence-corrected chi connectivity index (χ4v) is 2.51. The number of hydrogen-bond acceptors (Lipinski definition) is 6. The predicted octanol–water partition coefficient (Wildman–Crippen LogP) is 1.24. The molecule has 8 nitrogen and oxygen atoms in total. The Morgan fingerprint density at radius 1 is 1.33 bits per heavy atom. The van der Waals surface area contributed by atoms with Crippen LogP contribution in [0.2, 0.25) is 0 Å². The average Bonchev–Trinajstić information content (AvgIpc) is 3.10. The van der Waals surface area contributed by atoms with E-state index in [9.17, 15) is 4.79 Å². The van der Waals surface area contributed by atoms with Gasteiger partial charge in [0.1, 0.15) is 5.76 Å². The molecule has 21 heavy (non-hydrogen) atoms. The summed E-state index contributed by atoms with van der Waals surface area (Å²) in [5, 5.41) is 10.6. The summed E-state index contributed by atoms with van der Waals surface area (Å²) in [4.78, 5) is 20.5. The van der Waals surface area contributed by atoms with Crippen LogP contribution < -0.4 is 5.32 Å². The zero-order valence-electron chi connectivity index (χ0n) is 11.1. The summed E-state index contributed by atoms with van der Waals surface area (Å²) in [5.74, 6) is 1.09. The van der Waals surface area contributed by atoms with Gasteiger partial charge in [0.25, 0.3) is 17.6 Å². The van der Waals surface area contributed by atoms with Gasteiger partial charge in [0.05, 0.1) is 0 Å². The largest absolute Gasteiger partial charge is 0.360 e. The van der Waals surface area contributed by atoms with Crippen molar-refractivity contribution in [1.82, 2.24) is 24.7 Å². The quantitative estimate of drug-likeness (QED) is 0.760. The van der Waals surface area contributed by atoms with Crippen LogP contribution in [0, 0.1) is 0 Å². The molecule has 0 bridgehead atoms. The summed E-state index contributed by atoms with van der Waals surface area (Å²) in [7, 11) is 0. The lowest BCUT2D eigenvalue weighted by Gasteiger charge is -2.08. The van der Waals surface area contributed by atoms with Crippen LogP contribution in [-0.4, -0.2) is 30.6 Å². The van der Waals surface area contributed by atoms with Gasteiger partial charge in [0.15, 0.2) is 5.69 Å². The monoisotopic (exact) mass is 284 g/mol. The maximum absolute atomic E-state index is 12.3. The molecule has 0 saturated heterocycles. The van der Waals surface area contributed by atoms with E-state index in [1.807, 2.05) is 0 Å². The van der Waals surface area contributed by atoms with Crippen molar-refractivity contribution in [2.45, 2.75) is 25.7 Å². The van der Waals surface area contributed by atoms with Crippen LogP contribution in [-0.2, 0) is 12.8 Å². The molecule has 3 heterocycles. The van der Waals surface area contributed by atoms with Crippen molar-refractivity contribution in [3.05, 3.63) is 35.5 Å². The van der Waals surface area contributed by atoms with Crippen molar-refractivity contribution in [3.63, 3.8) is 0 Å². The summed E-state index contributed by atoms with van der Waals surface area (Å²) >= 11 is 0. The van der Waals surface area contributed by atoms with Gasteiger partial charge in [-0.05, 0) is 25.3 Å². The average molecular weight is 284 g/mol. The van der Waals surface area contributed by atoms with Gasteiger partial charge in [-0.15, -0.1) is 5.10 Å². The number of aromatic nitrogens is 5. The minimum atomic E-state index is -0.349. The lowest BCUT2D eigenvalue weighted by atomic mass is 9.96. The summed E-state index contributed by atoms with van der Waals surface area (Å²) in [6, 6.07) is 1.74. The number of hydrogen-bond donors (Lipinski definition) is 1. The Labute approximate surface area is 119 Å². The molecular weight excluding hydrogens is 272 g/mol. The van der Waals surface area contributed by atoms with E-state index < -0.39 is 0 Å². The standard InChI is InChI=1S/C13H12N6O2/c20-11(10-8-4-1-2-5-9(8)21-18-10)15-12-16-13-14-6-3-7-19(13)17-12/h3,6-7H,1-2,4-5H2,(H,15,17,20). The lowest BCUT2D eigenvalue weighted by molar-refractivity contribution is 0.101. The van der Waals surface area contributed by atoms with Crippen molar-refractivity contribution < 1.29 is 9.32 Å². The highest BCUT2D eigenvalue weighted by Crippen LogP contribution is 2.24. The van der Waals surface area contributed by atoms with Crippen LogP contribution >= 0.6 is 0 Å². The van der Waals surface area contributed by atoms with Crippen LogP contribution in [0.5, 0.6) is 0 Å². The van der Waals surface area contributed by atoms with Crippen molar-refractivity contribution in [2.75, 3.05) is 5.32 Å². The number of aryl methyl sites for hydroxylation is 1. The number of amides is 1. The second kappa shape index (κ2) is 4.65. The molecule has 0 unspecified atom stereocenters. The van der Waals surface area contributed by atoms with Crippen LogP contribution in [0.1, 0.15) is 34.7 Å². The first-order valence-electron chi connectivity index (χ1n) is 6.77. The maximum atomic E-state index is 12.3. The Morgan fingerprint density at radius 2 is 2.24 bits per heavy atom. The van der Waals surface area contributed by atoms with E-state index in [2.05, 4.69) is 25.5 Å². The molecule has 0 fully saturated rings. The number of nitrogens with one attached hydrogen (secondary N) is 1. The smallest absolute Gasteiger partial charge is 0.280 e. The van der Waals surface area contributed by atoms with Gasteiger partial charge >= 0.3 is 0 Å². The third-order valence-corrected chi connectivity index (χ3v) is 3.51. The molecule has 3 aromatic heterocycles. The van der Waals surface area contributed by atoms with E-state index in [0.717, 1.165) is 37.0 Å². The Balaban J connectivity index is 1.62. The summed E-state index contributed by atoms with van der Waals surface area (Å²) < 4.78 is 6.73. The van der Waals surface area contributed by atoms with Crippen molar-refractivity contribution in [1.29, 1.82) is 0 Å². The second-order valence-corrected chi connectivity index (χ2v) is 4.89. The van der Waals surface area contributed by atoms with Crippen LogP contribution in [0.15, 0.2) is 23.0 Å². The molecule has 1 amide bonds. The Morgan fingerprint density at radius 3 is 3.14 bits per heavy atom. The third-order valence-electron chi connectivity index (χ3n) is 3.51. The van der Waals surface area contributed by atoms with Gasteiger partial charge in [-0.2, -0.15) is 4.98 Å². The zero-order valence-corrected chi connectivity index (χ0v) is 11.1. The Hall–Kier alpha value is -2.77. The molecule has 0 saturated carbocycles. The first kappa shape index (κ1) is 12.0. The van der Waals surface area contributed by atoms with E-state index >= 15 is 0 Å². The number of rotatable bonds is 2. The molecule has 0 aliphatic heterocycles. The molecule has 4 rings (SSSR count). The summed E-state index contributed by atoms with van der Waals surface area (Å²) in [6.45, 7) is 0. The number of carbonyl (C=O) groups is 1. The molecule has 1 aliphatic rings. The summed E-state index contributed by atoms with van der Waals surface area (Å²) in [5.41, 5.74) is 1.23. The molecule has 1 N–H and O–H groups in total. The highest BCUT2D eigenvalue weighted by Gasteiger charge is 2.24. The normalized spacial score (nSPS) is 14.1. The highest BCUT2D eigenvalue weighted by atomic mass is 16.5. The van der Waals surface area contributed by atoms with E-state index in [-0.39, 0.29) is 11.9 Å². The van der Waals surface area contributed by atoms with Crippen LogP contribution in [0.3, 0.4) is 0 Å². The van der Waals surface area contributed by atoms with Gasteiger partial charge in [0, 0.05) is 24.4 Å². The van der Waals surface area contributed by atoms with E-state index in [0.29, 0.717) is 11.5 Å². The van der Waals surface area contributed by atoms with Gasteiger partial charge in [0.2, 0.25) is 0 Å². The first-order chi connectivity index (χ1) is 10.3. The zero-order chi connectivity index (χ0) is 14.2. The Kier molecular flexibility index (Phi) is 2.66. The van der Waals surface area contributed by atoms with E-state index in [4.69, 9.17) is 4.52 Å². The molecule has 0 aromatic carbocycles. The summed E-state index contributed by atoms with van der Waals surface area (Å²) in [6.07, 6.45) is 7.11. The topological polar surface area (TPSA) is 98.2 Å². The second-order valence-electron chi connectivity index (χ2n) is 4.89. The van der Waals surface area contributed by atoms with Gasteiger partial charge in [-0.3, -0.25) is 10.1 Å². The number of fused-ring (bicyclic) bond motifs is 2. The fraction of sp³-hybridized carbons (Fsp3) is 0.308. The first-order valence-corrected chi connectivity index (χ1v) is 6.77. The van der Waals surface area contributed by atoms with Crippen molar-refractivity contribution in [3.8, 4) is 0 Å². The number of carbonyl (C=O) groups excluding carboxylic acids is 1. The number of nitrogens with zero attached hydrogens (tertiary/aromatic N) is 5. The van der Waals surface area contributed by atoms with Crippen LogP contribution in [0.4, 0.5) is 5.95 Å². The molecule has 1 aliphatic carbocycles. The molecule has 106 valence electrons. The lowest BCUT2D eigenvalue weighted by Crippen LogP contribution is -2.16. The molecule has 8 heteroatoms. The maximum Gasteiger partial charge on any atom is 0.280 e. The molecular formula is C13H12N6O2. The van der Waals surface area contributed by atoms with Crippen molar-refractivity contribution >= 4 is 17.6 Å². The molecule has 0 atom stereocenters. The van der Waals surface area contributed by atoms with Gasteiger partial charge in [-0.1, -0.05) is 5.16 Å². The third kappa shape index (κ3) is 2.04. The highest BCUT2D eigenvalue weighted by molar-refractivity contribution is 6.03. The SMILES string of the molecule is O=C(Nc1nc2ncccn2n1)c1noc2c1CCCC2. The van der Waals surface area contributed by atoms with Gasteiger partial charge < -0.3 is 4.52 Å². The fourth-order valence-electron chi connectivity index (χ4n) is 2.51. The van der Waals surface area contributed by atoms with E-state index in [1.54, 1.807) is 18.5 Å². The molecule has 0 spiro atoms. The minimum absolute atomic E-state index is 0.200. The predicted molar refractivity (Wildman–Crippen MR) is 71.9 cm³/mol. The Bertz CT molecular complexity index is 788. The minimum Gasteiger partial charge on any atom is -0.360 e. The van der Waals surface area contributed by atoms with Crippen LogP contribution in [0.25, 0.3) is 5.78 Å². The molecule has 0 radical (unpaired) electrons. The molecule has 3 aromatic rings. The van der Waals surface area contributed by atoms with Gasteiger partial charge in [-0.25, -0.2) is 9.50 Å². The van der Waals surface area contributed by atoms with Crippen molar-refractivity contribution in [2.24, 2.45) is 0 Å². The number of anilines is 1. The van der Waals surface area contributed by atoms with E-state index in [1.165, 1.54) is 4.52 Å².